The van der Waals surface area contributed by atoms with Gasteiger partial charge >= 0.3 is 0 Å². The zero-order valence-corrected chi connectivity index (χ0v) is 7.53. The van der Waals surface area contributed by atoms with Gasteiger partial charge in [-0.15, -0.1) is 0 Å². The van der Waals surface area contributed by atoms with Crippen LogP contribution in [0.15, 0.2) is 23.0 Å². The van der Waals surface area contributed by atoms with Gasteiger partial charge in [0.1, 0.15) is 0 Å². The molecule has 1 aromatic rings. The quantitative estimate of drug-likeness (QED) is 0.733. The lowest BCUT2D eigenvalue weighted by atomic mass is 10.3. The van der Waals surface area contributed by atoms with Crippen LogP contribution in [0, 0.1) is 0 Å². The molecular weight excluding hydrogens is 154 g/mol. The molecular formula is C9H15NO2. The zero-order chi connectivity index (χ0) is 8.97. The summed E-state index contributed by atoms with van der Waals surface area (Å²) >= 11 is 0. The largest absolute Gasteiger partial charge is 0.472 e. The van der Waals surface area contributed by atoms with Crippen molar-refractivity contribution in [3.63, 3.8) is 0 Å². The fourth-order valence-electron chi connectivity index (χ4n) is 1.21. The van der Waals surface area contributed by atoms with E-state index in [2.05, 4.69) is 4.90 Å². The summed E-state index contributed by atoms with van der Waals surface area (Å²) in [5.41, 5.74) is 1.14. The summed E-state index contributed by atoms with van der Waals surface area (Å²) in [6.45, 7) is 3.29. The highest BCUT2D eigenvalue weighted by Gasteiger charge is 2.03. The van der Waals surface area contributed by atoms with Gasteiger partial charge in [0, 0.05) is 18.7 Å². The van der Waals surface area contributed by atoms with Crippen LogP contribution in [0.1, 0.15) is 12.5 Å². The van der Waals surface area contributed by atoms with Gasteiger partial charge in [-0.2, -0.15) is 0 Å². The summed E-state index contributed by atoms with van der Waals surface area (Å²) in [6, 6.07) is 1.93. The highest BCUT2D eigenvalue weighted by Crippen LogP contribution is 2.03. The van der Waals surface area contributed by atoms with E-state index in [9.17, 15) is 0 Å². The van der Waals surface area contributed by atoms with Gasteiger partial charge in [0.25, 0.3) is 0 Å². The van der Waals surface area contributed by atoms with Gasteiger partial charge in [0.05, 0.1) is 18.6 Å². The first kappa shape index (κ1) is 9.29. The van der Waals surface area contributed by atoms with Crippen LogP contribution in [0.3, 0.4) is 0 Å². The van der Waals surface area contributed by atoms with E-state index in [0.29, 0.717) is 6.54 Å². The van der Waals surface area contributed by atoms with Crippen LogP contribution in [0.2, 0.25) is 0 Å². The third-order valence-corrected chi connectivity index (χ3v) is 1.61. The van der Waals surface area contributed by atoms with E-state index in [-0.39, 0.29) is 6.10 Å². The fourth-order valence-corrected chi connectivity index (χ4v) is 1.21. The molecule has 1 aromatic heterocycles. The van der Waals surface area contributed by atoms with Gasteiger partial charge in [0.2, 0.25) is 0 Å². The number of likely N-dealkylation sites (N-methyl/N-ethyl adjacent to an activating group) is 1. The van der Waals surface area contributed by atoms with Gasteiger partial charge in [-0.3, -0.25) is 4.90 Å². The lowest BCUT2D eigenvalue weighted by molar-refractivity contribution is 0.138. The molecule has 3 nitrogen and oxygen atoms in total. The summed E-state index contributed by atoms with van der Waals surface area (Å²) in [5.74, 6) is 0. The van der Waals surface area contributed by atoms with E-state index < -0.39 is 0 Å². The van der Waals surface area contributed by atoms with E-state index in [1.807, 2.05) is 13.1 Å². The third-order valence-electron chi connectivity index (χ3n) is 1.61. The molecule has 0 aliphatic heterocycles. The Morgan fingerprint density at radius 3 is 2.92 bits per heavy atom. The number of aliphatic hydroxyl groups excluding tert-OH is 1. The minimum atomic E-state index is -0.276. The van der Waals surface area contributed by atoms with Gasteiger partial charge in [-0.05, 0) is 20.0 Å². The average Bonchev–Trinajstić information content (AvgIpc) is 2.37. The van der Waals surface area contributed by atoms with Crippen molar-refractivity contribution in [2.24, 2.45) is 0 Å². The normalized spacial score (nSPS) is 13.7. The molecule has 1 heterocycles. The van der Waals surface area contributed by atoms with Crippen LogP contribution in [0.4, 0.5) is 0 Å². The lowest BCUT2D eigenvalue weighted by Crippen LogP contribution is -2.26. The van der Waals surface area contributed by atoms with Crippen LogP contribution < -0.4 is 0 Å². The van der Waals surface area contributed by atoms with Crippen LogP contribution >= 0.6 is 0 Å². The summed E-state index contributed by atoms with van der Waals surface area (Å²) in [7, 11) is 1.97. The van der Waals surface area contributed by atoms with Crippen molar-refractivity contribution >= 4 is 0 Å². The molecule has 0 aliphatic rings. The molecule has 0 aromatic carbocycles. The summed E-state index contributed by atoms with van der Waals surface area (Å²) in [6.07, 6.45) is 3.10. The number of nitrogens with zero attached hydrogens (tertiary/aromatic N) is 1. The van der Waals surface area contributed by atoms with Gasteiger partial charge in [0.15, 0.2) is 0 Å². The molecule has 0 unspecified atom stereocenters. The van der Waals surface area contributed by atoms with E-state index in [1.165, 1.54) is 0 Å². The maximum Gasteiger partial charge on any atom is 0.0947 e. The maximum absolute atomic E-state index is 9.09. The number of hydrogen-bond acceptors (Lipinski definition) is 3. The standard InChI is InChI=1S/C9H15NO2/c1-8(11)5-10(2)6-9-3-4-12-7-9/h3-4,7-8,11H,5-6H2,1-2H3/t8-/m1/s1. The molecule has 0 spiro atoms. The zero-order valence-electron chi connectivity index (χ0n) is 7.53. The molecule has 1 rings (SSSR count). The second-order valence-electron chi connectivity index (χ2n) is 3.18. The Balaban J connectivity index is 2.32. The van der Waals surface area contributed by atoms with E-state index >= 15 is 0 Å². The van der Waals surface area contributed by atoms with E-state index in [0.717, 1.165) is 12.1 Å². The Morgan fingerprint density at radius 1 is 1.67 bits per heavy atom. The summed E-state index contributed by atoms with van der Waals surface area (Å²) in [4.78, 5) is 2.05. The smallest absolute Gasteiger partial charge is 0.0947 e. The third kappa shape index (κ3) is 3.07. The highest BCUT2D eigenvalue weighted by molar-refractivity contribution is 5.04. The monoisotopic (exact) mass is 169 g/mol. The molecule has 0 bridgehead atoms. The van der Waals surface area contributed by atoms with Crippen LogP contribution in [0.5, 0.6) is 0 Å². The van der Waals surface area contributed by atoms with Crippen LogP contribution in [-0.2, 0) is 6.54 Å². The predicted octanol–water partition coefficient (Wildman–Crippen LogP) is 1.09. The number of furan rings is 1. The molecule has 0 aliphatic carbocycles. The summed E-state index contributed by atoms with van der Waals surface area (Å²) in [5, 5.41) is 9.09. The average molecular weight is 169 g/mol. The molecule has 0 saturated heterocycles. The Labute approximate surface area is 72.6 Å². The summed E-state index contributed by atoms with van der Waals surface area (Å²) < 4.78 is 4.93. The van der Waals surface area contributed by atoms with Crippen molar-refractivity contribution in [1.82, 2.24) is 4.90 Å². The highest BCUT2D eigenvalue weighted by atomic mass is 16.3. The number of aliphatic hydroxyl groups is 1. The minimum absolute atomic E-state index is 0.276. The second-order valence-corrected chi connectivity index (χ2v) is 3.18. The Kier molecular flexibility index (Phi) is 3.31. The molecule has 0 fully saturated rings. The SMILES string of the molecule is C[C@@H](O)CN(C)Cc1ccoc1. The molecule has 0 saturated carbocycles. The van der Waals surface area contributed by atoms with Crippen molar-refractivity contribution in [3.05, 3.63) is 24.2 Å². The molecule has 1 atom stereocenters. The molecule has 68 valence electrons. The lowest BCUT2D eigenvalue weighted by Gasteiger charge is -2.16. The van der Waals surface area contributed by atoms with E-state index in [1.54, 1.807) is 19.5 Å². The topological polar surface area (TPSA) is 36.6 Å². The first-order valence-corrected chi connectivity index (χ1v) is 4.06. The minimum Gasteiger partial charge on any atom is -0.472 e. The van der Waals surface area contributed by atoms with Crippen molar-refractivity contribution in [1.29, 1.82) is 0 Å². The number of hydrogen-bond donors (Lipinski definition) is 1. The Hall–Kier alpha value is -0.800. The maximum atomic E-state index is 9.09. The van der Waals surface area contributed by atoms with Crippen molar-refractivity contribution in [2.45, 2.75) is 19.6 Å². The van der Waals surface area contributed by atoms with Gasteiger partial charge in [-0.25, -0.2) is 0 Å². The first-order chi connectivity index (χ1) is 5.68. The van der Waals surface area contributed by atoms with Gasteiger partial charge in [-0.1, -0.05) is 0 Å². The van der Waals surface area contributed by atoms with E-state index in [4.69, 9.17) is 9.52 Å². The van der Waals surface area contributed by atoms with Gasteiger partial charge < -0.3 is 9.52 Å². The predicted molar refractivity (Wildman–Crippen MR) is 46.7 cm³/mol. The Morgan fingerprint density at radius 2 is 2.42 bits per heavy atom. The Bertz CT molecular complexity index is 206. The molecule has 3 heteroatoms. The molecule has 0 amide bonds. The first-order valence-electron chi connectivity index (χ1n) is 4.06. The molecule has 0 radical (unpaired) electrons. The molecule has 12 heavy (non-hydrogen) atoms. The van der Waals surface area contributed by atoms with Crippen LogP contribution in [-0.4, -0.2) is 29.7 Å². The molecule has 1 N–H and O–H groups in total. The second kappa shape index (κ2) is 4.28. The number of rotatable bonds is 4. The van der Waals surface area contributed by atoms with Crippen LogP contribution in [0.25, 0.3) is 0 Å². The van der Waals surface area contributed by atoms with Crippen molar-refractivity contribution in [2.75, 3.05) is 13.6 Å². The fraction of sp³-hybridized carbons (Fsp3) is 0.556. The van der Waals surface area contributed by atoms with Crippen molar-refractivity contribution < 1.29 is 9.52 Å². The van der Waals surface area contributed by atoms with Crippen molar-refractivity contribution in [3.8, 4) is 0 Å².